The average molecular weight is 521 g/mol. The predicted molar refractivity (Wildman–Crippen MR) is 150 cm³/mol. The van der Waals surface area contributed by atoms with Crippen molar-refractivity contribution in [1.82, 2.24) is 15.1 Å². The Balaban J connectivity index is 1.68. The molecule has 3 rings (SSSR count). The minimum Gasteiger partial charge on any atom is -0.378 e. The number of benzene rings is 2. The minimum absolute atomic E-state index is 0.0466. The van der Waals surface area contributed by atoms with Crippen LogP contribution >= 0.6 is 0 Å². The summed E-state index contributed by atoms with van der Waals surface area (Å²) in [5.74, 6) is -0.797. The molecule has 38 heavy (non-hydrogen) atoms. The molecule has 1 saturated heterocycles. The molecule has 1 heterocycles. The molecule has 1 atom stereocenters. The molecule has 0 saturated carbocycles. The molecule has 0 aromatic heterocycles. The van der Waals surface area contributed by atoms with Gasteiger partial charge in [0.2, 0.25) is 5.91 Å². The Hall–Kier alpha value is -3.68. The monoisotopic (exact) mass is 520 g/mol. The lowest BCUT2D eigenvalue weighted by Crippen LogP contribution is -2.53. The fourth-order valence-electron chi connectivity index (χ4n) is 4.79. The number of nitrogens with one attached hydrogen (secondary N) is 1. The zero-order valence-corrected chi connectivity index (χ0v) is 23.4. The number of aryl methyl sites for hydroxylation is 2. The number of carbonyl (C=O) groups excluding carboxylic acids is 4. The number of nitrogens with zero attached hydrogens (tertiary/aromatic N) is 3. The first-order valence-corrected chi connectivity index (χ1v) is 13.2. The third-order valence-corrected chi connectivity index (χ3v) is 6.61. The van der Waals surface area contributed by atoms with E-state index in [1.54, 1.807) is 17.0 Å². The number of carbonyl (C=O) groups is 4. The van der Waals surface area contributed by atoms with E-state index in [4.69, 9.17) is 0 Å². The molecule has 1 N–H and O–H groups in total. The van der Waals surface area contributed by atoms with Gasteiger partial charge in [-0.1, -0.05) is 31.0 Å². The lowest BCUT2D eigenvalue weighted by Gasteiger charge is -2.32. The first kappa shape index (κ1) is 28.9. The Morgan fingerprint density at radius 2 is 1.47 bits per heavy atom. The number of rotatable bonds is 7. The van der Waals surface area contributed by atoms with Crippen molar-refractivity contribution >= 4 is 29.2 Å². The highest BCUT2D eigenvalue weighted by Gasteiger charge is 2.31. The second kappa shape index (κ2) is 12.7. The topological polar surface area (TPSA) is 90.0 Å². The fraction of sp³-hybridized carbons (Fsp3) is 0.467. The number of amides is 3. The van der Waals surface area contributed by atoms with E-state index in [9.17, 15) is 19.2 Å². The highest BCUT2D eigenvalue weighted by molar-refractivity contribution is 6.00. The van der Waals surface area contributed by atoms with Crippen molar-refractivity contribution in [1.29, 1.82) is 0 Å². The van der Waals surface area contributed by atoms with E-state index in [2.05, 4.69) is 5.32 Å². The lowest BCUT2D eigenvalue weighted by molar-refractivity contribution is -0.138. The number of anilines is 1. The van der Waals surface area contributed by atoms with Crippen molar-refractivity contribution in [2.45, 2.75) is 46.6 Å². The Labute approximate surface area is 226 Å². The molecule has 1 fully saturated rings. The van der Waals surface area contributed by atoms with Crippen LogP contribution in [0, 0.1) is 19.8 Å². The van der Waals surface area contributed by atoms with Crippen LogP contribution in [0.1, 0.15) is 58.5 Å². The van der Waals surface area contributed by atoms with Gasteiger partial charge in [0.05, 0.1) is 13.1 Å². The first-order chi connectivity index (χ1) is 17.9. The van der Waals surface area contributed by atoms with E-state index in [1.165, 1.54) is 4.90 Å². The molecular formula is C30H40N4O4. The second-order valence-electron chi connectivity index (χ2n) is 10.9. The summed E-state index contributed by atoms with van der Waals surface area (Å²) < 4.78 is 0. The third kappa shape index (κ3) is 7.66. The summed E-state index contributed by atoms with van der Waals surface area (Å²) in [6.07, 6.45) is 1.01. The SMILES string of the molecule is Cc1cc(C)cc(C(=O)N2CCCN(C(=O)C(CC(C)C)NC(=O)c3ccc(N(C)C)cc3)CC(=O)C2)c1. The smallest absolute Gasteiger partial charge is 0.254 e. The van der Waals surface area contributed by atoms with Crippen molar-refractivity contribution in [3.8, 4) is 0 Å². The molecule has 1 aliphatic heterocycles. The molecule has 3 amide bonds. The summed E-state index contributed by atoms with van der Waals surface area (Å²) in [5.41, 5.74) is 4.01. The lowest BCUT2D eigenvalue weighted by atomic mass is 10.0. The number of Topliss-reactive ketones (excluding diaryl/α,β-unsaturated/α-hetero) is 1. The van der Waals surface area contributed by atoms with Gasteiger partial charge >= 0.3 is 0 Å². The summed E-state index contributed by atoms with van der Waals surface area (Å²) in [6, 6.07) is 12.1. The van der Waals surface area contributed by atoms with Gasteiger partial charge in [0, 0.05) is 44.0 Å². The minimum atomic E-state index is -0.740. The Kier molecular flexibility index (Phi) is 9.66. The molecular weight excluding hydrogens is 480 g/mol. The van der Waals surface area contributed by atoms with Gasteiger partial charge in [0.25, 0.3) is 11.8 Å². The van der Waals surface area contributed by atoms with E-state index in [0.717, 1.165) is 16.8 Å². The standard InChI is InChI=1S/C30H40N4O4/c1-20(2)14-27(31-28(36)23-8-10-25(11-9-23)32(5)6)30(38)34-13-7-12-33(18-26(35)19-34)29(37)24-16-21(3)15-22(4)17-24/h8-11,15-17,20,27H,7,12-14,18-19H2,1-6H3,(H,31,36). The van der Waals surface area contributed by atoms with E-state index < -0.39 is 6.04 Å². The van der Waals surface area contributed by atoms with E-state index in [-0.39, 0.29) is 42.5 Å². The van der Waals surface area contributed by atoms with Gasteiger partial charge in [-0.3, -0.25) is 19.2 Å². The van der Waals surface area contributed by atoms with Crippen LogP contribution in [0.25, 0.3) is 0 Å². The van der Waals surface area contributed by atoms with Crippen molar-refractivity contribution in [3.63, 3.8) is 0 Å². The van der Waals surface area contributed by atoms with Crippen molar-refractivity contribution in [2.75, 3.05) is 45.2 Å². The number of hydrogen-bond donors (Lipinski definition) is 1. The molecule has 1 aliphatic rings. The molecule has 0 aliphatic carbocycles. The molecule has 2 aromatic rings. The Morgan fingerprint density at radius 1 is 0.895 bits per heavy atom. The predicted octanol–water partition coefficient (Wildman–Crippen LogP) is 3.46. The quantitative estimate of drug-likeness (QED) is 0.604. The van der Waals surface area contributed by atoms with Crippen LogP contribution in [0.4, 0.5) is 5.69 Å². The highest BCUT2D eigenvalue weighted by Crippen LogP contribution is 2.16. The fourth-order valence-corrected chi connectivity index (χ4v) is 4.79. The van der Waals surface area contributed by atoms with Crippen molar-refractivity contribution < 1.29 is 19.2 Å². The molecule has 2 aromatic carbocycles. The maximum atomic E-state index is 13.5. The van der Waals surface area contributed by atoms with Crippen molar-refractivity contribution in [2.24, 2.45) is 5.92 Å². The van der Waals surface area contributed by atoms with Gasteiger partial charge < -0.3 is 20.0 Å². The highest BCUT2D eigenvalue weighted by atomic mass is 16.2. The van der Waals surface area contributed by atoms with E-state index >= 15 is 0 Å². The van der Waals surface area contributed by atoms with Crippen LogP contribution in [0.5, 0.6) is 0 Å². The molecule has 0 radical (unpaired) electrons. The van der Waals surface area contributed by atoms with Crippen molar-refractivity contribution in [3.05, 3.63) is 64.7 Å². The van der Waals surface area contributed by atoms with Crippen LogP contribution in [0.2, 0.25) is 0 Å². The summed E-state index contributed by atoms with van der Waals surface area (Å²) in [7, 11) is 3.85. The van der Waals surface area contributed by atoms with Gasteiger partial charge in [0.1, 0.15) is 6.04 Å². The first-order valence-electron chi connectivity index (χ1n) is 13.2. The van der Waals surface area contributed by atoms with Crippen LogP contribution in [0.15, 0.2) is 42.5 Å². The van der Waals surface area contributed by atoms with Crippen LogP contribution in [-0.2, 0) is 9.59 Å². The number of ketones is 1. The molecule has 8 heteroatoms. The Morgan fingerprint density at radius 3 is 2.05 bits per heavy atom. The van der Waals surface area contributed by atoms with Crippen LogP contribution in [-0.4, -0.2) is 79.6 Å². The maximum Gasteiger partial charge on any atom is 0.254 e. The second-order valence-corrected chi connectivity index (χ2v) is 10.9. The van der Waals surface area contributed by atoms with Crippen LogP contribution < -0.4 is 10.2 Å². The molecule has 1 unspecified atom stereocenters. The normalized spacial score (nSPS) is 15.1. The molecule has 0 spiro atoms. The zero-order chi connectivity index (χ0) is 28.0. The van der Waals surface area contributed by atoms with Gasteiger partial charge in [-0.15, -0.1) is 0 Å². The van der Waals surface area contributed by atoms with Gasteiger partial charge in [-0.05, 0) is 69.0 Å². The molecule has 204 valence electrons. The van der Waals surface area contributed by atoms with E-state index in [1.807, 2.05) is 77.0 Å². The average Bonchev–Trinajstić information content (AvgIpc) is 2.83. The third-order valence-electron chi connectivity index (χ3n) is 6.61. The summed E-state index contributed by atoms with van der Waals surface area (Å²) in [5, 5.41) is 2.90. The van der Waals surface area contributed by atoms with Gasteiger partial charge in [0.15, 0.2) is 5.78 Å². The van der Waals surface area contributed by atoms with Gasteiger partial charge in [-0.2, -0.15) is 0 Å². The van der Waals surface area contributed by atoms with E-state index in [0.29, 0.717) is 37.1 Å². The van der Waals surface area contributed by atoms with Gasteiger partial charge in [-0.25, -0.2) is 0 Å². The number of hydrogen-bond acceptors (Lipinski definition) is 5. The van der Waals surface area contributed by atoms with Crippen LogP contribution in [0.3, 0.4) is 0 Å². The Bertz CT molecular complexity index is 1150. The summed E-state index contributed by atoms with van der Waals surface area (Å²) >= 11 is 0. The zero-order valence-electron chi connectivity index (χ0n) is 23.4. The molecule has 8 nitrogen and oxygen atoms in total. The maximum absolute atomic E-state index is 13.5. The summed E-state index contributed by atoms with van der Waals surface area (Å²) in [6.45, 7) is 8.45. The largest absolute Gasteiger partial charge is 0.378 e. The molecule has 0 bridgehead atoms. The summed E-state index contributed by atoms with van der Waals surface area (Å²) in [4.78, 5) is 57.6.